The number of aliphatic hydroxyl groups excluding tert-OH is 1. The Hall–Kier alpha value is -4.11. The van der Waals surface area contributed by atoms with E-state index in [1.807, 2.05) is 54.6 Å². The van der Waals surface area contributed by atoms with Gasteiger partial charge in [0.15, 0.2) is 6.10 Å². The van der Waals surface area contributed by atoms with Gasteiger partial charge in [0.1, 0.15) is 5.52 Å². The number of carbonyl (C=O) groups excluding carboxylic acids is 1. The van der Waals surface area contributed by atoms with Crippen molar-refractivity contribution >= 4 is 23.0 Å². The summed E-state index contributed by atoms with van der Waals surface area (Å²) in [5.41, 5.74) is 4.21. The monoisotopic (exact) mass is 431 g/mol. The van der Waals surface area contributed by atoms with E-state index in [0.29, 0.717) is 17.6 Å². The van der Waals surface area contributed by atoms with Crippen LogP contribution < -0.4 is 5.32 Å². The molecule has 9 nitrogen and oxygen atoms in total. The van der Waals surface area contributed by atoms with Crippen LogP contribution in [0, 0.1) is 0 Å². The molecule has 0 aliphatic rings. The van der Waals surface area contributed by atoms with Crippen LogP contribution in [0.1, 0.15) is 22.3 Å². The Labute approximate surface area is 183 Å². The smallest absolute Gasteiger partial charge is 0.332 e. The summed E-state index contributed by atoms with van der Waals surface area (Å²) in [6.07, 6.45) is -0.00399. The fourth-order valence-electron chi connectivity index (χ4n) is 3.45. The number of carboxylic acids is 1. The van der Waals surface area contributed by atoms with Crippen molar-refractivity contribution in [2.45, 2.75) is 25.0 Å². The number of nitrogens with zero attached hydrogens (tertiary/aromatic N) is 3. The van der Waals surface area contributed by atoms with E-state index in [4.69, 9.17) is 5.11 Å². The van der Waals surface area contributed by atoms with Crippen molar-refractivity contribution < 1.29 is 19.8 Å². The average molecular weight is 431 g/mol. The number of aromatic nitrogens is 4. The molecule has 0 aliphatic heterocycles. The lowest BCUT2D eigenvalue weighted by molar-refractivity contribution is -0.147. The molecule has 2 aromatic carbocycles. The molecule has 0 bridgehead atoms. The standard InChI is InChI=1S/C23H21N5O4/c29-20(23(31)32)12-18(25-22(30)17-11-19-21(24-13-17)27-28-26-19)10-14-6-8-16(9-7-14)15-4-2-1-3-5-15/h1-9,11,13,18,20,29H,10,12H2,(H,25,30)(H,31,32)(H,24,26,27,28). The molecule has 2 atom stereocenters. The highest BCUT2D eigenvalue weighted by atomic mass is 16.4. The molecule has 0 saturated heterocycles. The number of aliphatic carboxylic acids is 1. The molecule has 2 heterocycles. The normalized spacial score (nSPS) is 12.9. The molecule has 9 heteroatoms. The van der Waals surface area contributed by atoms with Gasteiger partial charge in [-0.15, -0.1) is 5.10 Å². The maximum absolute atomic E-state index is 12.8. The van der Waals surface area contributed by atoms with Crippen molar-refractivity contribution in [1.29, 1.82) is 0 Å². The Morgan fingerprint density at radius 1 is 1.03 bits per heavy atom. The van der Waals surface area contributed by atoms with E-state index < -0.39 is 24.0 Å². The number of pyridine rings is 1. The Kier molecular flexibility index (Phi) is 6.18. The summed E-state index contributed by atoms with van der Waals surface area (Å²) in [5, 5.41) is 31.9. The zero-order valence-corrected chi connectivity index (χ0v) is 17.0. The molecular weight excluding hydrogens is 410 g/mol. The molecule has 0 saturated carbocycles. The second kappa shape index (κ2) is 9.36. The van der Waals surface area contributed by atoms with Gasteiger partial charge in [-0.05, 0) is 29.2 Å². The number of fused-ring (bicyclic) bond motifs is 1. The van der Waals surface area contributed by atoms with Gasteiger partial charge < -0.3 is 15.5 Å². The van der Waals surface area contributed by atoms with Crippen molar-refractivity contribution in [3.05, 3.63) is 78.0 Å². The zero-order chi connectivity index (χ0) is 22.5. The molecule has 2 aromatic heterocycles. The van der Waals surface area contributed by atoms with Gasteiger partial charge in [-0.2, -0.15) is 0 Å². The molecule has 4 aromatic rings. The zero-order valence-electron chi connectivity index (χ0n) is 17.0. The third kappa shape index (κ3) is 4.96. The summed E-state index contributed by atoms with van der Waals surface area (Å²) >= 11 is 0. The van der Waals surface area contributed by atoms with Gasteiger partial charge in [0.05, 0.1) is 5.56 Å². The first kappa shape index (κ1) is 21.1. The van der Waals surface area contributed by atoms with Crippen molar-refractivity contribution in [3.8, 4) is 11.1 Å². The second-order valence-corrected chi connectivity index (χ2v) is 7.43. The highest BCUT2D eigenvalue weighted by Crippen LogP contribution is 2.20. The van der Waals surface area contributed by atoms with Crippen LogP contribution in [-0.4, -0.2) is 54.6 Å². The number of benzene rings is 2. The number of aliphatic hydroxyl groups is 1. The van der Waals surface area contributed by atoms with Crippen LogP contribution in [0.4, 0.5) is 0 Å². The largest absolute Gasteiger partial charge is 0.479 e. The van der Waals surface area contributed by atoms with Gasteiger partial charge >= 0.3 is 5.97 Å². The molecular formula is C23H21N5O4. The van der Waals surface area contributed by atoms with Crippen LogP contribution in [0.15, 0.2) is 66.9 Å². The number of hydrogen-bond donors (Lipinski definition) is 4. The number of nitrogens with one attached hydrogen (secondary N) is 2. The minimum absolute atomic E-state index is 0.136. The third-order valence-electron chi connectivity index (χ3n) is 5.12. The summed E-state index contributed by atoms with van der Waals surface area (Å²) in [7, 11) is 0. The van der Waals surface area contributed by atoms with Crippen molar-refractivity contribution in [3.63, 3.8) is 0 Å². The van der Waals surface area contributed by atoms with Gasteiger partial charge in [-0.3, -0.25) is 9.89 Å². The van der Waals surface area contributed by atoms with Crippen molar-refractivity contribution in [2.75, 3.05) is 0 Å². The lowest BCUT2D eigenvalue weighted by Gasteiger charge is -2.20. The fourth-order valence-corrected chi connectivity index (χ4v) is 3.45. The van der Waals surface area contributed by atoms with Gasteiger partial charge in [0.25, 0.3) is 5.91 Å². The third-order valence-corrected chi connectivity index (χ3v) is 5.12. The maximum Gasteiger partial charge on any atom is 0.332 e. The molecule has 0 fully saturated rings. The Balaban J connectivity index is 1.50. The molecule has 0 radical (unpaired) electrons. The first-order valence-electron chi connectivity index (χ1n) is 10.0. The van der Waals surface area contributed by atoms with E-state index in [9.17, 15) is 14.7 Å². The summed E-state index contributed by atoms with van der Waals surface area (Å²) in [6, 6.07) is 18.7. The number of amides is 1. The number of hydrogen-bond acceptors (Lipinski definition) is 6. The van der Waals surface area contributed by atoms with Crippen LogP contribution in [0.2, 0.25) is 0 Å². The number of H-pyrrole nitrogens is 1. The predicted octanol–water partition coefficient (Wildman–Crippen LogP) is 2.20. The number of rotatable bonds is 8. The maximum atomic E-state index is 12.8. The fraction of sp³-hybridized carbons (Fsp3) is 0.174. The number of aromatic amines is 1. The quantitative estimate of drug-likeness (QED) is 0.335. The van der Waals surface area contributed by atoms with Gasteiger partial charge in [0, 0.05) is 18.7 Å². The molecule has 4 rings (SSSR count). The van der Waals surface area contributed by atoms with Crippen LogP contribution in [0.5, 0.6) is 0 Å². The topological polar surface area (TPSA) is 141 Å². The van der Waals surface area contributed by atoms with E-state index in [-0.39, 0.29) is 12.0 Å². The Morgan fingerprint density at radius 3 is 2.47 bits per heavy atom. The van der Waals surface area contributed by atoms with Gasteiger partial charge in [-0.1, -0.05) is 59.8 Å². The van der Waals surface area contributed by atoms with E-state index >= 15 is 0 Å². The predicted molar refractivity (Wildman–Crippen MR) is 117 cm³/mol. The van der Waals surface area contributed by atoms with Crippen LogP contribution in [0.25, 0.3) is 22.3 Å². The van der Waals surface area contributed by atoms with E-state index in [1.165, 1.54) is 6.20 Å². The van der Waals surface area contributed by atoms with Crippen LogP contribution in [0.3, 0.4) is 0 Å². The van der Waals surface area contributed by atoms with E-state index in [1.54, 1.807) is 6.07 Å². The molecule has 2 unspecified atom stereocenters. The lowest BCUT2D eigenvalue weighted by atomic mass is 9.97. The summed E-state index contributed by atoms with van der Waals surface area (Å²) in [5.74, 6) is -1.77. The molecule has 0 aliphatic carbocycles. The highest BCUT2D eigenvalue weighted by Gasteiger charge is 2.23. The van der Waals surface area contributed by atoms with E-state index in [0.717, 1.165) is 16.7 Å². The molecule has 0 spiro atoms. The van der Waals surface area contributed by atoms with Crippen LogP contribution >= 0.6 is 0 Å². The van der Waals surface area contributed by atoms with Gasteiger partial charge in [0.2, 0.25) is 5.65 Å². The number of carboxylic acid groups (broad SMARTS) is 1. The second-order valence-electron chi connectivity index (χ2n) is 7.43. The van der Waals surface area contributed by atoms with Crippen molar-refractivity contribution in [1.82, 2.24) is 25.7 Å². The molecule has 162 valence electrons. The van der Waals surface area contributed by atoms with E-state index in [2.05, 4.69) is 25.7 Å². The summed E-state index contributed by atoms with van der Waals surface area (Å²) < 4.78 is 0. The average Bonchev–Trinajstić information content (AvgIpc) is 3.28. The summed E-state index contributed by atoms with van der Waals surface area (Å²) in [6.45, 7) is 0. The van der Waals surface area contributed by atoms with Crippen LogP contribution in [-0.2, 0) is 11.2 Å². The lowest BCUT2D eigenvalue weighted by Crippen LogP contribution is -2.40. The first-order chi connectivity index (χ1) is 15.5. The number of carbonyl (C=O) groups is 2. The van der Waals surface area contributed by atoms with Crippen molar-refractivity contribution in [2.24, 2.45) is 0 Å². The minimum atomic E-state index is -1.60. The SMILES string of the molecule is O=C(NC(Cc1ccc(-c2ccccc2)cc1)CC(O)C(=O)O)c1cnc2nn[nH]c2c1. The van der Waals surface area contributed by atoms with Gasteiger partial charge in [-0.25, -0.2) is 9.78 Å². The minimum Gasteiger partial charge on any atom is -0.479 e. The molecule has 4 N–H and O–H groups in total. The molecule has 32 heavy (non-hydrogen) atoms. The Bertz CT molecular complexity index is 1220. The summed E-state index contributed by atoms with van der Waals surface area (Å²) in [4.78, 5) is 28.0. The highest BCUT2D eigenvalue weighted by molar-refractivity contribution is 5.96. The Morgan fingerprint density at radius 2 is 1.75 bits per heavy atom. The first-order valence-corrected chi connectivity index (χ1v) is 10.0. The molecule has 1 amide bonds.